The first-order chi connectivity index (χ1) is 11.9. The highest BCUT2D eigenvalue weighted by molar-refractivity contribution is 6.07. The predicted molar refractivity (Wildman–Crippen MR) is 91.5 cm³/mol. The molecule has 0 fully saturated rings. The molecule has 0 saturated carbocycles. The van der Waals surface area contributed by atoms with E-state index in [0.29, 0.717) is 11.5 Å². The third kappa shape index (κ3) is 2.41. The van der Waals surface area contributed by atoms with Crippen molar-refractivity contribution in [3.05, 3.63) is 70.5 Å². The maximum Gasteiger partial charge on any atom is 0.431 e. The van der Waals surface area contributed by atoms with Gasteiger partial charge in [-0.05, 0) is 23.8 Å². The van der Waals surface area contributed by atoms with Gasteiger partial charge in [0.15, 0.2) is 5.43 Å². The van der Waals surface area contributed by atoms with E-state index < -0.39 is 17.3 Å². The average Bonchev–Trinajstić information content (AvgIpc) is 2.91. The lowest BCUT2D eigenvalue weighted by Crippen LogP contribution is -2.14. The lowest BCUT2D eigenvalue weighted by molar-refractivity contribution is -0.141. The molecule has 25 heavy (non-hydrogen) atoms. The molecule has 0 amide bonds. The second-order valence-electron chi connectivity index (χ2n) is 5.92. The molecule has 0 spiro atoms. The number of nitrogens with one attached hydrogen (secondary N) is 1. The molecule has 0 unspecified atom stereocenters. The molecule has 2 aromatic heterocycles. The molecule has 0 saturated heterocycles. The number of aryl methyl sites for hydroxylation is 1. The Morgan fingerprint density at radius 3 is 2.40 bits per heavy atom. The Morgan fingerprint density at radius 1 is 1.00 bits per heavy atom. The molecular weight excluding hydrogens is 329 g/mol. The highest BCUT2D eigenvalue weighted by atomic mass is 19.4. The van der Waals surface area contributed by atoms with Crippen molar-refractivity contribution in [2.45, 2.75) is 6.18 Å². The van der Waals surface area contributed by atoms with Crippen LogP contribution in [0.5, 0.6) is 0 Å². The highest BCUT2D eigenvalue weighted by Gasteiger charge is 2.32. The van der Waals surface area contributed by atoms with Crippen molar-refractivity contribution in [2.24, 2.45) is 7.05 Å². The van der Waals surface area contributed by atoms with Gasteiger partial charge in [0.1, 0.15) is 5.69 Å². The Hall–Kier alpha value is -3.02. The van der Waals surface area contributed by atoms with Crippen molar-refractivity contribution in [3.8, 4) is 11.3 Å². The van der Waals surface area contributed by atoms with Crippen molar-refractivity contribution in [1.29, 1.82) is 0 Å². The number of aromatic nitrogens is 2. The molecule has 0 atom stereocenters. The molecular formula is C19H13F3N2O. The van der Waals surface area contributed by atoms with Gasteiger partial charge < -0.3 is 9.55 Å². The average molecular weight is 342 g/mol. The molecule has 4 aromatic rings. The zero-order valence-corrected chi connectivity index (χ0v) is 13.2. The van der Waals surface area contributed by atoms with Gasteiger partial charge in [-0.1, -0.05) is 30.3 Å². The number of fused-ring (bicyclic) bond motifs is 3. The van der Waals surface area contributed by atoms with Gasteiger partial charge in [0.2, 0.25) is 0 Å². The van der Waals surface area contributed by atoms with Gasteiger partial charge in [-0.15, -0.1) is 0 Å². The third-order valence-electron chi connectivity index (χ3n) is 4.39. The van der Waals surface area contributed by atoms with Crippen LogP contribution in [0.2, 0.25) is 0 Å². The topological polar surface area (TPSA) is 37.8 Å². The molecule has 0 bridgehead atoms. The van der Waals surface area contributed by atoms with Crippen molar-refractivity contribution in [2.75, 3.05) is 0 Å². The van der Waals surface area contributed by atoms with Gasteiger partial charge in [-0.3, -0.25) is 4.79 Å². The van der Waals surface area contributed by atoms with Gasteiger partial charge >= 0.3 is 6.18 Å². The third-order valence-corrected chi connectivity index (χ3v) is 4.39. The van der Waals surface area contributed by atoms with Crippen LogP contribution in [0.1, 0.15) is 5.69 Å². The minimum absolute atomic E-state index is 0.178. The van der Waals surface area contributed by atoms with Gasteiger partial charge in [-0.25, -0.2) is 0 Å². The summed E-state index contributed by atoms with van der Waals surface area (Å²) in [7, 11) is 1.87. The monoisotopic (exact) mass is 342 g/mol. The summed E-state index contributed by atoms with van der Waals surface area (Å²) < 4.78 is 40.7. The summed E-state index contributed by atoms with van der Waals surface area (Å²) in [6.45, 7) is 0. The first-order valence-electron chi connectivity index (χ1n) is 7.64. The Kier molecular flexibility index (Phi) is 3.25. The second-order valence-corrected chi connectivity index (χ2v) is 5.92. The van der Waals surface area contributed by atoms with E-state index in [1.54, 1.807) is 6.07 Å². The molecule has 6 heteroatoms. The zero-order chi connectivity index (χ0) is 17.8. The number of benzene rings is 2. The minimum atomic E-state index is -4.59. The standard InChI is InChI=1S/C19H13F3N2O/c1-24-14-8-7-13-18(16(25)10-17(23-13)19(20,21)22)12(14)9-15(24)11-5-3-2-4-6-11/h2-10H,1H3,(H,23,25). The number of pyridine rings is 1. The summed E-state index contributed by atoms with van der Waals surface area (Å²) in [5.74, 6) is 0. The maximum absolute atomic E-state index is 12.9. The van der Waals surface area contributed by atoms with Crippen LogP contribution in [0.25, 0.3) is 33.1 Å². The SMILES string of the molecule is Cn1c(-c2ccccc2)cc2c3c(=O)cc(C(F)(F)F)[nH]c3ccc21. The van der Waals surface area contributed by atoms with Gasteiger partial charge in [0.05, 0.1) is 10.9 Å². The molecule has 3 nitrogen and oxygen atoms in total. The number of halogens is 3. The van der Waals surface area contributed by atoms with E-state index in [-0.39, 0.29) is 10.9 Å². The normalized spacial score (nSPS) is 12.2. The number of hydrogen-bond donors (Lipinski definition) is 1. The largest absolute Gasteiger partial charge is 0.431 e. The number of alkyl halides is 3. The fraction of sp³-hybridized carbons (Fsp3) is 0.105. The van der Waals surface area contributed by atoms with E-state index in [0.717, 1.165) is 16.8 Å². The maximum atomic E-state index is 12.9. The smallest absolute Gasteiger partial charge is 0.351 e. The minimum Gasteiger partial charge on any atom is -0.351 e. The van der Waals surface area contributed by atoms with E-state index in [1.165, 1.54) is 6.07 Å². The summed E-state index contributed by atoms with van der Waals surface area (Å²) in [4.78, 5) is 14.7. The van der Waals surface area contributed by atoms with Crippen molar-refractivity contribution in [1.82, 2.24) is 9.55 Å². The van der Waals surface area contributed by atoms with Crippen LogP contribution in [-0.4, -0.2) is 9.55 Å². The summed E-state index contributed by atoms with van der Waals surface area (Å²) in [6.07, 6.45) is -4.59. The quantitative estimate of drug-likeness (QED) is 0.535. The molecule has 0 aliphatic heterocycles. The van der Waals surface area contributed by atoms with Crippen LogP contribution < -0.4 is 5.43 Å². The first kappa shape index (κ1) is 15.5. The van der Waals surface area contributed by atoms with Crippen molar-refractivity contribution >= 4 is 21.8 Å². The molecule has 126 valence electrons. The number of aromatic amines is 1. The van der Waals surface area contributed by atoms with E-state index in [4.69, 9.17) is 0 Å². The lowest BCUT2D eigenvalue weighted by Gasteiger charge is -2.08. The number of rotatable bonds is 1. The summed E-state index contributed by atoms with van der Waals surface area (Å²) >= 11 is 0. The Morgan fingerprint density at radius 2 is 1.72 bits per heavy atom. The van der Waals surface area contributed by atoms with Crippen LogP contribution in [0.4, 0.5) is 13.2 Å². The van der Waals surface area contributed by atoms with Crippen LogP contribution in [0, 0.1) is 0 Å². The Labute approximate surface area is 140 Å². The predicted octanol–water partition coefficient (Wildman–Crippen LogP) is 4.71. The van der Waals surface area contributed by atoms with E-state index >= 15 is 0 Å². The molecule has 0 aliphatic carbocycles. The van der Waals surface area contributed by atoms with Gasteiger partial charge in [0.25, 0.3) is 0 Å². The lowest BCUT2D eigenvalue weighted by atomic mass is 10.1. The van der Waals surface area contributed by atoms with Gasteiger partial charge in [-0.2, -0.15) is 13.2 Å². The highest BCUT2D eigenvalue weighted by Crippen LogP contribution is 2.32. The Bertz CT molecular complexity index is 1150. The van der Waals surface area contributed by atoms with Crippen LogP contribution in [-0.2, 0) is 13.2 Å². The van der Waals surface area contributed by atoms with Crippen molar-refractivity contribution < 1.29 is 13.2 Å². The summed E-state index contributed by atoms with van der Waals surface area (Å²) in [6, 6.07) is 15.3. The molecule has 4 rings (SSSR count). The van der Waals surface area contributed by atoms with Gasteiger partial charge in [0, 0.05) is 29.7 Å². The zero-order valence-electron chi connectivity index (χ0n) is 13.2. The summed E-state index contributed by atoms with van der Waals surface area (Å²) in [5, 5.41) is 0.900. The summed E-state index contributed by atoms with van der Waals surface area (Å²) in [5.41, 5.74) is 1.15. The van der Waals surface area contributed by atoms with Crippen LogP contribution in [0.15, 0.2) is 59.4 Å². The molecule has 1 N–H and O–H groups in total. The number of nitrogens with zero attached hydrogens (tertiary/aromatic N) is 1. The van der Waals surface area contributed by atoms with Crippen LogP contribution in [0.3, 0.4) is 0 Å². The van der Waals surface area contributed by atoms with E-state index in [9.17, 15) is 18.0 Å². The first-order valence-corrected chi connectivity index (χ1v) is 7.64. The second kappa shape index (κ2) is 5.24. The van der Waals surface area contributed by atoms with Crippen molar-refractivity contribution in [3.63, 3.8) is 0 Å². The Balaban J connectivity index is 2.06. The van der Waals surface area contributed by atoms with E-state index in [2.05, 4.69) is 4.98 Å². The molecule has 0 radical (unpaired) electrons. The molecule has 2 aromatic carbocycles. The van der Waals surface area contributed by atoms with E-state index in [1.807, 2.05) is 48.0 Å². The van der Waals surface area contributed by atoms with Crippen LogP contribution >= 0.6 is 0 Å². The fourth-order valence-electron chi connectivity index (χ4n) is 3.20. The molecule has 0 aliphatic rings. The molecule has 2 heterocycles. The number of H-pyrrole nitrogens is 1. The number of hydrogen-bond acceptors (Lipinski definition) is 1. The fourth-order valence-corrected chi connectivity index (χ4v) is 3.20.